The van der Waals surface area contributed by atoms with Gasteiger partial charge in [0.25, 0.3) is 5.56 Å². The molecule has 0 saturated heterocycles. The standard InChI is InChI=1S/C8H12N6O/c1-12-4-10-6-5(12)7(15)14(3)8(11-9)13(6)2/h4H,9H2,1-3H3. The van der Waals surface area contributed by atoms with Crippen LogP contribution in [0.1, 0.15) is 0 Å². The van der Waals surface area contributed by atoms with E-state index in [9.17, 15) is 4.79 Å². The SMILES string of the molecule is Cn1c(=O)c2c(ncn2C)n(C)c1=NN. The Hall–Kier alpha value is -2.05. The minimum absolute atomic E-state index is 0.160. The molecule has 2 aromatic rings. The Labute approximate surface area is 85.1 Å². The molecule has 7 nitrogen and oxygen atoms in total. The number of fused-ring (bicyclic) bond motifs is 1. The number of nitrogens with two attached hydrogens (primary N) is 1. The number of hydrogen-bond donors (Lipinski definition) is 1. The van der Waals surface area contributed by atoms with Gasteiger partial charge < -0.3 is 10.4 Å². The van der Waals surface area contributed by atoms with Crippen molar-refractivity contribution in [3.8, 4) is 0 Å². The molecule has 2 rings (SSSR count). The van der Waals surface area contributed by atoms with Gasteiger partial charge in [-0.15, -0.1) is 5.10 Å². The van der Waals surface area contributed by atoms with Gasteiger partial charge in [-0.25, -0.2) is 4.98 Å². The molecule has 0 radical (unpaired) electrons. The molecule has 0 saturated carbocycles. The second-order valence-corrected chi connectivity index (χ2v) is 3.38. The first-order chi connectivity index (χ1) is 7.07. The summed E-state index contributed by atoms with van der Waals surface area (Å²) in [7, 11) is 5.16. The fourth-order valence-corrected chi connectivity index (χ4v) is 1.65. The first-order valence-corrected chi connectivity index (χ1v) is 4.39. The summed E-state index contributed by atoms with van der Waals surface area (Å²) in [5.74, 6) is 5.23. The van der Waals surface area contributed by atoms with Crippen LogP contribution < -0.4 is 17.0 Å². The molecule has 0 bridgehead atoms. The van der Waals surface area contributed by atoms with Crippen LogP contribution >= 0.6 is 0 Å². The van der Waals surface area contributed by atoms with Gasteiger partial charge in [-0.3, -0.25) is 13.9 Å². The van der Waals surface area contributed by atoms with E-state index in [-0.39, 0.29) is 5.56 Å². The zero-order valence-corrected chi connectivity index (χ0v) is 8.80. The molecule has 0 unspecified atom stereocenters. The number of nitrogens with zero attached hydrogens (tertiary/aromatic N) is 5. The topological polar surface area (TPSA) is 83.1 Å². The molecule has 0 aliphatic heterocycles. The molecule has 2 heterocycles. The van der Waals surface area contributed by atoms with E-state index in [2.05, 4.69) is 10.1 Å². The predicted molar refractivity (Wildman–Crippen MR) is 54.7 cm³/mol. The molecule has 2 aromatic heterocycles. The molecule has 0 fully saturated rings. The van der Waals surface area contributed by atoms with Crippen molar-refractivity contribution >= 4 is 11.2 Å². The third-order valence-electron chi connectivity index (χ3n) is 2.46. The molecule has 0 aliphatic carbocycles. The van der Waals surface area contributed by atoms with E-state index >= 15 is 0 Å². The van der Waals surface area contributed by atoms with E-state index in [1.807, 2.05) is 0 Å². The Balaban J connectivity index is 3.20. The van der Waals surface area contributed by atoms with Crippen LogP contribution in [0.2, 0.25) is 0 Å². The van der Waals surface area contributed by atoms with Crippen molar-refractivity contribution in [3.63, 3.8) is 0 Å². The van der Waals surface area contributed by atoms with E-state index in [1.165, 1.54) is 4.57 Å². The molecular weight excluding hydrogens is 196 g/mol. The van der Waals surface area contributed by atoms with Crippen LogP contribution in [0.15, 0.2) is 16.2 Å². The van der Waals surface area contributed by atoms with Gasteiger partial charge in [0.05, 0.1) is 6.33 Å². The summed E-state index contributed by atoms with van der Waals surface area (Å²) >= 11 is 0. The number of aryl methyl sites for hydroxylation is 2. The van der Waals surface area contributed by atoms with E-state index in [0.717, 1.165) is 0 Å². The lowest BCUT2D eigenvalue weighted by Gasteiger charge is -2.05. The Morgan fingerprint density at radius 1 is 1.33 bits per heavy atom. The average molecular weight is 208 g/mol. The molecule has 0 aliphatic rings. The summed E-state index contributed by atoms with van der Waals surface area (Å²) < 4.78 is 4.75. The number of aromatic nitrogens is 4. The molecule has 0 aromatic carbocycles. The number of hydrogen-bond acceptors (Lipinski definition) is 4. The van der Waals surface area contributed by atoms with Crippen LogP contribution in [0.4, 0.5) is 0 Å². The van der Waals surface area contributed by atoms with Gasteiger partial charge in [-0.2, -0.15) is 0 Å². The number of imidazole rings is 1. The lowest BCUT2D eigenvalue weighted by atomic mass is 10.5. The highest BCUT2D eigenvalue weighted by Gasteiger charge is 2.10. The van der Waals surface area contributed by atoms with Crippen LogP contribution in [-0.2, 0) is 21.1 Å². The predicted octanol–water partition coefficient (Wildman–Crippen LogP) is -1.62. The normalized spacial score (nSPS) is 12.6. The fraction of sp³-hybridized carbons (Fsp3) is 0.375. The lowest BCUT2D eigenvalue weighted by Crippen LogP contribution is -2.39. The largest absolute Gasteiger partial charge is 0.328 e. The van der Waals surface area contributed by atoms with Crippen LogP contribution in [0, 0.1) is 0 Å². The Morgan fingerprint density at radius 2 is 2.00 bits per heavy atom. The average Bonchev–Trinajstić information content (AvgIpc) is 2.58. The van der Waals surface area contributed by atoms with Gasteiger partial charge >= 0.3 is 0 Å². The Bertz CT molecular complexity index is 643. The van der Waals surface area contributed by atoms with Crippen molar-refractivity contribution in [2.45, 2.75) is 0 Å². The van der Waals surface area contributed by atoms with Gasteiger partial charge in [-0.1, -0.05) is 0 Å². The minimum atomic E-state index is -0.160. The van der Waals surface area contributed by atoms with Gasteiger partial charge in [0.1, 0.15) is 0 Å². The summed E-state index contributed by atoms with van der Waals surface area (Å²) in [6, 6.07) is 0. The molecule has 0 amide bonds. The lowest BCUT2D eigenvalue weighted by molar-refractivity contribution is 0.668. The molecule has 2 N–H and O–H groups in total. The highest BCUT2D eigenvalue weighted by Crippen LogP contribution is 2.01. The molecular formula is C8H12N6O. The second kappa shape index (κ2) is 2.97. The molecule has 0 spiro atoms. The van der Waals surface area contributed by atoms with E-state index in [0.29, 0.717) is 16.8 Å². The van der Waals surface area contributed by atoms with E-state index < -0.39 is 0 Å². The number of rotatable bonds is 0. The highest BCUT2D eigenvalue weighted by molar-refractivity contribution is 5.69. The van der Waals surface area contributed by atoms with E-state index in [4.69, 9.17) is 5.84 Å². The zero-order valence-electron chi connectivity index (χ0n) is 8.80. The third-order valence-corrected chi connectivity index (χ3v) is 2.46. The Morgan fingerprint density at radius 3 is 2.60 bits per heavy atom. The van der Waals surface area contributed by atoms with Crippen LogP contribution in [0.3, 0.4) is 0 Å². The third kappa shape index (κ3) is 1.09. The second-order valence-electron chi connectivity index (χ2n) is 3.38. The zero-order chi connectivity index (χ0) is 11.2. The quantitative estimate of drug-likeness (QED) is 0.417. The molecule has 0 atom stereocenters. The first-order valence-electron chi connectivity index (χ1n) is 4.39. The maximum absolute atomic E-state index is 11.9. The van der Waals surface area contributed by atoms with Gasteiger partial charge in [-0.05, 0) is 0 Å². The summed E-state index contributed by atoms with van der Waals surface area (Å²) in [5.41, 5.74) is 1.33. The minimum Gasteiger partial charge on any atom is -0.328 e. The smallest absolute Gasteiger partial charge is 0.280 e. The van der Waals surface area contributed by atoms with Crippen molar-refractivity contribution in [1.82, 2.24) is 18.7 Å². The molecule has 80 valence electrons. The van der Waals surface area contributed by atoms with Crippen LogP contribution in [0.5, 0.6) is 0 Å². The van der Waals surface area contributed by atoms with Crippen LogP contribution in [-0.4, -0.2) is 18.7 Å². The van der Waals surface area contributed by atoms with Crippen molar-refractivity contribution < 1.29 is 0 Å². The van der Waals surface area contributed by atoms with Crippen molar-refractivity contribution in [3.05, 3.63) is 22.3 Å². The summed E-state index contributed by atoms with van der Waals surface area (Å²) in [6.07, 6.45) is 1.59. The highest BCUT2D eigenvalue weighted by atomic mass is 16.1. The monoisotopic (exact) mass is 208 g/mol. The van der Waals surface area contributed by atoms with Gasteiger partial charge in [0.15, 0.2) is 11.2 Å². The fourth-order valence-electron chi connectivity index (χ4n) is 1.65. The maximum Gasteiger partial charge on any atom is 0.280 e. The van der Waals surface area contributed by atoms with Crippen molar-refractivity contribution in [1.29, 1.82) is 0 Å². The summed E-state index contributed by atoms with van der Waals surface area (Å²) in [5, 5.41) is 3.57. The summed E-state index contributed by atoms with van der Waals surface area (Å²) in [6.45, 7) is 0. The van der Waals surface area contributed by atoms with E-state index in [1.54, 1.807) is 36.6 Å². The van der Waals surface area contributed by atoms with Crippen molar-refractivity contribution in [2.75, 3.05) is 0 Å². The molecule has 7 heteroatoms. The van der Waals surface area contributed by atoms with Gasteiger partial charge in [0, 0.05) is 21.1 Å². The van der Waals surface area contributed by atoms with Gasteiger partial charge in [0.2, 0.25) is 5.62 Å². The Kier molecular flexibility index (Phi) is 1.88. The first kappa shape index (κ1) is 9.50. The summed E-state index contributed by atoms with van der Waals surface area (Å²) in [4.78, 5) is 16.0. The molecule has 15 heavy (non-hydrogen) atoms. The maximum atomic E-state index is 11.9. The van der Waals surface area contributed by atoms with Crippen molar-refractivity contribution in [2.24, 2.45) is 32.1 Å². The van der Waals surface area contributed by atoms with Crippen LogP contribution in [0.25, 0.3) is 11.2 Å².